The first-order valence-corrected chi connectivity index (χ1v) is 12.0. The van der Waals surface area contributed by atoms with E-state index < -0.39 is 10.0 Å². The minimum absolute atomic E-state index is 0.00582. The lowest BCUT2D eigenvalue weighted by atomic mass is 10.2. The first-order chi connectivity index (χ1) is 14.8. The maximum Gasteiger partial charge on any atom is 0.242 e. The van der Waals surface area contributed by atoms with Gasteiger partial charge in [-0.3, -0.25) is 4.79 Å². The second kappa shape index (κ2) is 8.43. The molecule has 1 aromatic carbocycles. The van der Waals surface area contributed by atoms with Crippen LogP contribution in [0.2, 0.25) is 0 Å². The minimum Gasteiger partial charge on any atom is -0.347 e. The number of aryl methyl sites for hydroxylation is 2. The van der Waals surface area contributed by atoms with Gasteiger partial charge in [0.1, 0.15) is 11.6 Å². The molecule has 0 saturated carbocycles. The Kier molecular flexibility index (Phi) is 5.85. The molecular weight excluding hydrogens is 416 g/mol. The largest absolute Gasteiger partial charge is 0.347 e. The van der Waals surface area contributed by atoms with E-state index in [4.69, 9.17) is 0 Å². The van der Waals surface area contributed by atoms with Gasteiger partial charge < -0.3 is 14.5 Å². The number of benzene rings is 1. The van der Waals surface area contributed by atoms with Crippen molar-refractivity contribution in [3.8, 4) is 0 Å². The van der Waals surface area contributed by atoms with E-state index in [0.29, 0.717) is 24.9 Å². The molecule has 0 radical (unpaired) electrons. The maximum absolute atomic E-state index is 13.0. The molecular formula is C21H28N6O3S. The van der Waals surface area contributed by atoms with Crippen molar-refractivity contribution in [2.45, 2.75) is 50.1 Å². The van der Waals surface area contributed by atoms with Gasteiger partial charge in [0, 0.05) is 52.4 Å². The van der Waals surface area contributed by atoms with Gasteiger partial charge in [0.15, 0.2) is 0 Å². The van der Waals surface area contributed by atoms with Gasteiger partial charge in [0.05, 0.1) is 22.0 Å². The van der Waals surface area contributed by atoms with E-state index in [1.807, 2.05) is 16.4 Å². The quantitative estimate of drug-likeness (QED) is 0.602. The second-order valence-corrected chi connectivity index (χ2v) is 10.1. The van der Waals surface area contributed by atoms with E-state index in [9.17, 15) is 13.2 Å². The van der Waals surface area contributed by atoms with Gasteiger partial charge in [0.2, 0.25) is 15.9 Å². The van der Waals surface area contributed by atoms with Crippen molar-refractivity contribution in [1.29, 1.82) is 0 Å². The Morgan fingerprint density at radius 1 is 1.32 bits per heavy atom. The molecule has 0 spiro atoms. The average Bonchev–Trinajstić information content (AvgIpc) is 3.49. The summed E-state index contributed by atoms with van der Waals surface area (Å²) in [4.78, 5) is 27.2. The zero-order chi connectivity index (χ0) is 22.2. The summed E-state index contributed by atoms with van der Waals surface area (Å²) in [5, 5.41) is 0. The van der Waals surface area contributed by atoms with Crippen LogP contribution in [0, 0.1) is 0 Å². The fourth-order valence-electron chi connectivity index (χ4n) is 4.25. The monoisotopic (exact) mass is 444 g/mol. The number of carbonyl (C=O) groups is 1. The average molecular weight is 445 g/mol. The van der Waals surface area contributed by atoms with Crippen molar-refractivity contribution < 1.29 is 13.2 Å². The fraction of sp³-hybridized carbons (Fsp3) is 0.476. The molecule has 0 unspecified atom stereocenters. The zero-order valence-electron chi connectivity index (χ0n) is 18.1. The van der Waals surface area contributed by atoms with E-state index in [1.165, 1.54) is 18.4 Å². The standard InChI is InChI=1S/C21H28N6O3S/c1-4-26-17-8-7-15(31(29,30)25(2)3)14-16(17)24-19(26)9-10-20(28)27-13-5-6-18(27)21-22-11-12-23-21/h7-8,11-12,14,18H,4-6,9-10,13H2,1-3H3,(H,22,23)/t18-/m0/s1. The number of sulfonamides is 1. The number of carbonyl (C=O) groups excluding carboxylic acids is 1. The van der Waals surface area contributed by atoms with Crippen molar-refractivity contribution >= 4 is 27.0 Å². The van der Waals surface area contributed by atoms with Gasteiger partial charge in [-0.2, -0.15) is 0 Å². The Bertz CT molecular complexity index is 1180. The van der Waals surface area contributed by atoms with Crippen LogP contribution in [-0.4, -0.2) is 63.7 Å². The van der Waals surface area contributed by atoms with Gasteiger partial charge in [-0.05, 0) is 38.0 Å². The van der Waals surface area contributed by atoms with Crippen molar-refractivity contribution in [1.82, 2.24) is 28.7 Å². The number of fused-ring (bicyclic) bond motifs is 1. The lowest BCUT2D eigenvalue weighted by molar-refractivity contribution is -0.132. The summed E-state index contributed by atoms with van der Waals surface area (Å²) < 4.78 is 28.2. The van der Waals surface area contributed by atoms with E-state index >= 15 is 0 Å². The third-order valence-corrected chi connectivity index (χ3v) is 7.68. The topological polar surface area (TPSA) is 104 Å². The zero-order valence-corrected chi connectivity index (χ0v) is 18.9. The summed E-state index contributed by atoms with van der Waals surface area (Å²) in [6.07, 6.45) is 6.22. The van der Waals surface area contributed by atoms with Crippen LogP contribution in [0.5, 0.6) is 0 Å². The molecule has 1 aliphatic rings. The Hall–Kier alpha value is -2.72. The second-order valence-electron chi connectivity index (χ2n) is 7.93. The molecule has 0 bridgehead atoms. The number of aromatic nitrogens is 4. The molecule has 4 rings (SSSR count). The summed E-state index contributed by atoms with van der Waals surface area (Å²) in [7, 11) is -0.510. The number of nitrogens with one attached hydrogen (secondary N) is 1. The third-order valence-electron chi connectivity index (χ3n) is 5.86. The van der Waals surface area contributed by atoms with E-state index in [-0.39, 0.29) is 16.8 Å². The fourth-order valence-corrected chi connectivity index (χ4v) is 5.17. The summed E-state index contributed by atoms with van der Waals surface area (Å²) in [6, 6.07) is 5.01. The van der Waals surface area contributed by atoms with Crippen molar-refractivity contribution in [3.63, 3.8) is 0 Å². The molecule has 2 aromatic heterocycles. The molecule has 1 fully saturated rings. The molecule has 9 nitrogen and oxygen atoms in total. The van der Waals surface area contributed by atoms with E-state index in [0.717, 1.165) is 36.6 Å². The van der Waals surface area contributed by atoms with Gasteiger partial charge >= 0.3 is 0 Å². The van der Waals surface area contributed by atoms with E-state index in [1.54, 1.807) is 30.6 Å². The Labute approximate surface area is 182 Å². The molecule has 31 heavy (non-hydrogen) atoms. The number of likely N-dealkylation sites (tertiary alicyclic amines) is 1. The molecule has 166 valence electrons. The molecule has 1 aliphatic heterocycles. The molecule has 3 heterocycles. The van der Waals surface area contributed by atoms with Gasteiger partial charge in [-0.1, -0.05) is 0 Å². The van der Waals surface area contributed by atoms with Crippen LogP contribution in [0.4, 0.5) is 0 Å². The lowest BCUT2D eigenvalue weighted by Gasteiger charge is -2.23. The summed E-state index contributed by atoms with van der Waals surface area (Å²) in [6.45, 7) is 3.45. The predicted molar refractivity (Wildman–Crippen MR) is 117 cm³/mol. The molecule has 1 saturated heterocycles. The van der Waals surface area contributed by atoms with Crippen LogP contribution in [0.3, 0.4) is 0 Å². The number of amides is 1. The van der Waals surface area contributed by atoms with Crippen molar-refractivity contribution in [2.24, 2.45) is 0 Å². The first kappa shape index (κ1) is 21.5. The highest BCUT2D eigenvalue weighted by molar-refractivity contribution is 7.89. The smallest absolute Gasteiger partial charge is 0.242 e. The van der Waals surface area contributed by atoms with Crippen LogP contribution in [-0.2, 0) is 27.8 Å². The summed E-state index contributed by atoms with van der Waals surface area (Å²) in [5.74, 6) is 1.71. The lowest BCUT2D eigenvalue weighted by Crippen LogP contribution is -2.31. The molecule has 1 N–H and O–H groups in total. The minimum atomic E-state index is -3.53. The predicted octanol–water partition coefficient (Wildman–Crippen LogP) is 2.33. The van der Waals surface area contributed by atoms with Gasteiger partial charge in [-0.25, -0.2) is 22.7 Å². The normalized spacial score (nSPS) is 17.2. The number of hydrogen-bond acceptors (Lipinski definition) is 5. The number of nitrogens with zero attached hydrogens (tertiary/aromatic N) is 5. The Balaban J connectivity index is 1.55. The maximum atomic E-state index is 13.0. The molecule has 1 amide bonds. The summed E-state index contributed by atoms with van der Waals surface area (Å²) in [5.41, 5.74) is 1.50. The third kappa shape index (κ3) is 3.97. The van der Waals surface area contributed by atoms with Crippen LogP contribution in [0.1, 0.15) is 43.9 Å². The number of H-pyrrole nitrogens is 1. The van der Waals surface area contributed by atoms with Gasteiger partial charge in [-0.15, -0.1) is 0 Å². The van der Waals surface area contributed by atoms with Crippen LogP contribution < -0.4 is 0 Å². The van der Waals surface area contributed by atoms with E-state index in [2.05, 4.69) is 15.0 Å². The highest BCUT2D eigenvalue weighted by Gasteiger charge is 2.31. The SMILES string of the molecule is CCn1c(CCC(=O)N2CCC[C@H]2c2ncc[nH]2)nc2cc(S(=O)(=O)N(C)C)ccc21. The van der Waals surface area contributed by atoms with Crippen LogP contribution >= 0.6 is 0 Å². The molecule has 0 aliphatic carbocycles. The molecule has 1 atom stereocenters. The number of aromatic amines is 1. The highest BCUT2D eigenvalue weighted by atomic mass is 32.2. The molecule has 3 aromatic rings. The van der Waals surface area contributed by atoms with Gasteiger partial charge in [0.25, 0.3) is 0 Å². The van der Waals surface area contributed by atoms with Crippen LogP contribution in [0.25, 0.3) is 11.0 Å². The summed E-state index contributed by atoms with van der Waals surface area (Å²) >= 11 is 0. The number of hydrogen-bond donors (Lipinski definition) is 1. The van der Waals surface area contributed by atoms with Crippen molar-refractivity contribution in [3.05, 3.63) is 42.2 Å². The number of imidazole rings is 2. The van der Waals surface area contributed by atoms with Crippen LogP contribution in [0.15, 0.2) is 35.5 Å². The number of rotatable bonds is 7. The first-order valence-electron chi connectivity index (χ1n) is 10.5. The highest BCUT2D eigenvalue weighted by Crippen LogP contribution is 2.30. The Morgan fingerprint density at radius 3 is 2.81 bits per heavy atom. The van der Waals surface area contributed by atoms with Crippen molar-refractivity contribution in [2.75, 3.05) is 20.6 Å². The molecule has 10 heteroatoms. The Morgan fingerprint density at radius 2 is 2.13 bits per heavy atom.